The molecular weight excluding hydrogens is 367 g/mol. The first-order chi connectivity index (χ1) is 14.2. The number of rotatable bonds is 3. The second-order valence-corrected chi connectivity index (χ2v) is 8.16. The van der Waals surface area contributed by atoms with Crippen molar-refractivity contribution in [3.63, 3.8) is 0 Å². The molecule has 1 aliphatic heterocycles. The molecule has 1 aromatic heterocycles. The Morgan fingerprint density at radius 1 is 0.966 bits per heavy atom. The molecule has 5 rings (SSSR count). The Balaban J connectivity index is 1.38. The van der Waals surface area contributed by atoms with E-state index in [0.29, 0.717) is 19.0 Å². The molecule has 2 aromatic carbocycles. The van der Waals surface area contributed by atoms with Crippen molar-refractivity contribution in [2.75, 3.05) is 7.05 Å². The fourth-order valence-electron chi connectivity index (χ4n) is 4.58. The Hall–Kier alpha value is -2.73. The highest BCUT2D eigenvalue weighted by Crippen LogP contribution is 2.36. The molecule has 0 spiro atoms. The summed E-state index contributed by atoms with van der Waals surface area (Å²) in [6, 6.07) is 15.1. The van der Waals surface area contributed by atoms with Crippen LogP contribution in [-0.2, 0) is 13.1 Å². The van der Waals surface area contributed by atoms with E-state index in [0.717, 1.165) is 54.3 Å². The van der Waals surface area contributed by atoms with Gasteiger partial charge in [0.05, 0.1) is 18.3 Å². The van der Waals surface area contributed by atoms with Gasteiger partial charge < -0.3 is 4.74 Å². The molecule has 0 radical (unpaired) electrons. The Morgan fingerprint density at radius 2 is 1.76 bits per heavy atom. The van der Waals surface area contributed by atoms with Crippen LogP contribution in [0.25, 0.3) is 5.69 Å². The minimum Gasteiger partial charge on any atom is -0.490 e. The van der Waals surface area contributed by atoms with Crippen molar-refractivity contribution >= 4 is 0 Å². The first-order valence-electron chi connectivity index (χ1n) is 10.3. The van der Waals surface area contributed by atoms with Gasteiger partial charge in [-0.3, -0.25) is 9.47 Å². The van der Waals surface area contributed by atoms with Crippen molar-refractivity contribution in [1.29, 1.82) is 0 Å². The van der Waals surface area contributed by atoms with Gasteiger partial charge in [0.1, 0.15) is 17.4 Å². The maximum atomic E-state index is 13.9. The van der Waals surface area contributed by atoms with Crippen LogP contribution in [0.1, 0.15) is 48.8 Å². The van der Waals surface area contributed by atoms with E-state index in [9.17, 15) is 4.39 Å². The van der Waals surface area contributed by atoms with Gasteiger partial charge in [-0.05, 0) is 68.6 Å². The highest BCUT2D eigenvalue weighted by molar-refractivity contribution is 5.44. The van der Waals surface area contributed by atoms with E-state index in [1.807, 2.05) is 43.4 Å². The number of hydrogen-bond donors (Lipinski definition) is 0. The van der Waals surface area contributed by atoms with Gasteiger partial charge in [0, 0.05) is 12.5 Å². The molecule has 0 bridgehead atoms. The summed E-state index contributed by atoms with van der Waals surface area (Å²) in [6.07, 6.45) is 4.27. The van der Waals surface area contributed by atoms with Gasteiger partial charge in [-0.15, -0.1) is 10.2 Å². The molecule has 0 N–H and O–H groups in total. The average molecular weight is 392 g/mol. The summed E-state index contributed by atoms with van der Waals surface area (Å²) < 4.78 is 22.2. The molecule has 6 heteroatoms. The smallest absolute Gasteiger partial charge is 0.151 e. The fourth-order valence-corrected chi connectivity index (χ4v) is 4.58. The molecule has 0 saturated heterocycles. The zero-order valence-corrected chi connectivity index (χ0v) is 16.6. The number of fused-ring (bicyclic) bond motifs is 3. The van der Waals surface area contributed by atoms with Crippen LogP contribution in [-0.4, -0.2) is 32.8 Å². The fraction of sp³-hybridized carbons (Fsp3) is 0.391. The van der Waals surface area contributed by atoms with Gasteiger partial charge >= 0.3 is 0 Å². The summed E-state index contributed by atoms with van der Waals surface area (Å²) in [5.74, 6) is 3.00. The number of ether oxygens (including phenoxy) is 1. The molecule has 2 aliphatic rings. The van der Waals surface area contributed by atoms with Crippen molar-refractivity contribution in [2.24, 2.45) is 0 Å². The summed E-state index contributed by atoms with van der Waals surface area (Å²) in [5, 5.41) is 9.08. The Labute approximate surface area is 170 Å². The number of halogens is 1. The van der Waals surface area contributed by atoms with Gasteiger partial charge in [0.25, 0.3) is 0 Å². The van der Waals surface area contributed by atoms with Gasteiger partial charge in [0.15, 0.2) is 5.82 Å². The maximum absolute atomic E-state index is 13.9. The molecule has 0 amide bonds. The molecule has 29 heavy (non-hydrogen) atoms. The molecule has 3 aromatic rings. The summed E-state index contributed by atoms with van der Waals surface area (Å²) in [5.41, 5.74) is 1.99. The van der Waals surface area contributed by atoms with Crippen LogP contribution in [0.5, 0.6) is 5.75 Å². The Bertz CT molecular complexity index is 995. The lowest BCUT2D eigenvalue weighted by Crippen LogP contribution is -2.25. The highest BCUT2D eigenvalue weighted by atomic mass is 19.1. The Kier molecular flexibility index (Phi) is 4.79. The van der Waals surface area contributed by atoms with Crippen LogP contribution in [0.4, 0.5) is 4.39 Å². The lowest BCUT2D eigenvalue weighted by Gasteiger charge is -2.29. The first kappa shape index (κ1) is 18.3. The summed E-state index contributed by atoms with van der Waals surface area (Å²) in [7, 11) is 2.03. The SMILES string of the molecule is CN1Cc2cc(F)ccc2-n2c(nnc2[C@H]2CC[C@H](Oc3ccccc3)CC2)C1. The van der Waals surface area contributed by atoms with E-state index >= 15 is 0 Å². The average Bonchev–Trinajstić information content (AvgIpc) is 3.06. The number of aromatic nitrogens is 3. The van der Waals surface area contributed by atoms with E-state index in [2.05, 4.69) is 19.7 Å². The molecule has 1 saturated carbocycles. The van der Waals surface area contributed by atoms with Crippen LogP contribution < -0.4 is 4.74 Å². The molecule has 5 nitrogen and oxygen atoms in total. The van der Waals surface area contributed by atoms with E-state index in [-0.39, 0.29) is 11.9 Å². The van der Waals surface area contributed by atoms with Crippen molar-refractivity contribution in [3.8, 4) is 11.4 Å². The molecular formula is C23H25FN4O. The summed E-state index contributed by atoms with van der Waals surface area (Å²) >= 11 is 0. The second kappa shape index (κ2) is 7.59. The third-order valence-corrected chi connectivity index (χ3v) is 5.97. The predicted octanol–water partition coefficient (Wildman–Crippen LogP) is 4.46. The number of nitrogens with zero attached hydrogens (tertiary/aromatic N) is 4. The number of hydrogen-bond acceptors (Lipinski definition) is 4. The van der Waals surface area contributed by atoms with Gasteiger partial charge in [-0.2, -0.15) is 0 Å². The van der Waals surface area contributed by atoms with Crippen LogP contribution in [0.3, 0.4) is 0 Å². The van der Waals surface area contributed by atoms with Gasteiger partial charge in [0.2, 0.25) is 0 Å². The minimum absolute atomic E-state index is 0.200. The van der Waals surface area contributed by atoms with E-state index < -0.39 is 0 Å². The highest BCUT2D eigenvalue weighted by Gasteiger charge is 2.30. The van der Waals surface area contributed by atoms with Crippen LogP contribution in [0, 0.1) is 5.82 Å². The maximum Gasteiger partial charge on any atom is 0.151 e. The van der Waals surface area contributed by atoms with E-state index in [1.165, 1.54) is 6.07 Å². The zero-order valence-electron chi connectivity index (χ0n) is 16.6. The standard InChI is InChI=1S/C23H25FN4O/c1-27-14-17-13-18(24)9-12-21(17)28-22(15-27)25-26-23(28)16-7-10-20(11-8-16)29-19-5-3-2-4-6-19/h2-6,9,12-13,16,20H,7-8,10-11,14-15H2,1H3/t16-,20-. The summed E-state index contributed by atoms with van der Waals surface area (Å²) in [4.78, 5) is 2.15. The van der Waals surface area contributed by atoms with Gasteiger partial charge in [-0.1, -0.05) is 18.2 Å². The van der Waals surface area contributed by atoms with Crippen molar-refractivity contribution in [2.45, 2.75) is 50.8 Å². The molecule has 0 atom stereocenters. The largest absolute Gasteiger partial charge is 0.490 e. The second-order valence-electron chi connectivity index (χ2n) is 8.16. The predicted molar refractivity (Wildman–Crippen MR) is 109 cm³/mol. The third-order valence-electron chi connectivity index (χ3n) is 5.97. The van der Waals surface area contributed by atoms with Crippen LogP contribution >= 0.6 is 0 Å². The third kappa shape index (κ3) is 3.65. The molecule has 0 unspecified atom stereocenters. The minimum atomic E-state index is -0.200. The topological polar surface area (TPSA) is 43.2 Å². The van der Waals surface area contributed by atoms with Crippen LogP contribution in [0.15, 0.2) is 48.5 Å². The first-order valence-corrected chi connectivity index (χ1v) is 10.3. The summed E-state index contributed by atoms with van der Waals surface area (Å²) in [6.45, 7) is 1.41. The van der Waals surface area contributed by atoms with E-state index in [1.54, 1.807) is 6.07 Å². The number of para-hydroxylation sites is 1. The van der Waals surface area contributed by atoms with Crippen LogP contribution in [0.2, 0.25) is 0 Å². The normalized spacial score (nSPS) is 21.9. The van der Waals surface area contributed by atoms with Crippen molar-refractivity contribution < 1.29 is 9.13 Å². The molecule has 1 fully saturated rings. The zero-order chi connectivity index (χ0) is 19.8. The Morgan fingerprint density at radius 3 is 2.55 bits per heavy atom. The number of benzene rings is 2. The quantitative estimate of drug-likeness (QED) is 0.660. The molecule has 1 aliphatic carbocycles. The monoisotopic (exact) mass is 392 g/mol. The van der Waals surface area contributed by atoms with Crippen molar-refractivity contribution in [3.05, 3.63) is 71.6 Å². The molecule has 2 heterocycles. The lowest BCUT2D eigenvalue weighted by molar-refractivity contribution is 0.144. The lowest BCUT2D eigenvalue weighted by atomic mass is 9.86. The van der Waals surface area contributed by atoms with Gasteiger partial charge in [-0.25, -0.2) is 4.39 Å². The van der Waals surface area contributed by atoms with E-state index in [4.69, 9.17) is 4.74 Å². The molecule has 150 valence electrons. The van der Waals surface area contributed by atoms with Crippen molar-refractivity contribution in [1.82, 2.24) is 19.7 Å².